The molecule has 2 aromatic rings. The highest BCUT2D eigenvalue weighted by atomic mass is 35.5. The lowest BCUT2D eigenvalue weighted by molar-refractivity contribution is -0.121. The number of aromatic carboxylic acids is 1. The van der Waals surface area contributed by atoms with Crippen LogP contribution in [0.25, 0.3) is 0 Å². The van der Waals surface area contributed by atoms with Crippen LogP contribution in [0.3, 0.4) is 0 Å². The molecule has 29 heavy (non-hydrogen) atoms. The van der Waals surface area contributed by atoms with Gasteiger partial charge in [-0.25, -0.2) is 9.78 Å². The molecular formula is C21H22ClN3O4. The summed E-state index contributed by atoms with van der Waals surface area (Å²) in [5, 5.41) is 12.2. The van der Waals surface area contributed by atoms with Crippen LogP contribution in [0.2, 0.25) is 5.15 Å². The van der Waals surface area contributed by atoms with Crippen LogP contribution in [0.4, 0.5) is 5.69 Å². The number of carboxylic acid groups (broad SMARTS) is 1. The number of rotatable bonds is 5. The molecule has 1 aliphatic heterocycles. The van der Waals surface area contributed by atoms with Crippen LogP contribution < -0.4 is 5.32 Å². The highest BCUT2D eigenvalue weighted by molar-refractivity contribution is 6.29. The van der Waals surface area contributed by atoms with Gasteiger partial charge < -0.3 is 15.3 Å². The second-order valence-corrected chi connectivity index (χ2v) is 7.32. The predicted molar refractivity (Wildman–Crippen MR) is 109 cm³/mol. The third-order valence-electron chi connectivity index (χ3n) is 5.02. The van der Waals surface area contributed by atoms with Gasteiger partial charge in [0.1, 0.15) is 5.15 Å². The van der Waals surface area contributed by atoms with Crippen LogP contribution in [-0.2, 0) is 11.2 Å². The summed E-state index contributed by atoms with van der Waals surface area (Å²) in [4.78, 5) is 42.5. The molecule has 8 heteroatoms. The quantitative estimate of drug-likeness (QED) is 0.728. The number of carbonyl (C=O) groups excluding carboxylic acids is 2. The standard InChI is InChI=1S/C21H22ClN3O4/c1-2-15-11-14(12-18(22)23-15)20(27)25-9-7-13(8-10-25)19(26)24-17-6-4-3-5-16(17)21(28)29/h3-6,11-13H,2,7-10H2,1H3,(H,24,26)(H,28,29). The van der Waals surface area contributed by atoms with Gasteiger partial charge in [-0.05, 0) is 43.5 Å². The van der Waals surface area contributed by atoms with Crippen LogP contribution >= 0.6 is 11.6 Å². The van der Waals surface area contributed by atoms with Gasteiger partial charge in [-0.3, -0.25) is 9.59 Å². The first kappa shape index (κ1) is 20.8. The van der Waals surface area contributed by atoms with Crippen LogP contribution in [0.5, 0.6) is 0 Å². The van der Waals surface area contributed by atoms with Crippen molar-refractivity contribution in [3.63, 3.8) is 0 Å². The number of carboxylic acids is 1. The lowest BCUT2D eigenvalue weighted by Crippen LogP contribution is -2.41. The second-order valence-electron chi connectivity index (χ2n) is 6.93. The first-order valence-electron chi connectivity index (χ1n) is 9.48. The summed E-state index contributed by atoms with van der Waals surface area (Å²) in [6.07, 6.45) is 1.69. The topological polar surface area (TPSA) is 99.6 Å². The molecule has 0 aliphatic carbocycles. The molecule has 0 bridgehead atoms. The summed E-state index contributed by atoms with van der Waals surface area (Å²) in [6.45, 7) is 2.83. The fraction of sp³-hybridized carbons (Fsp3) is 0.333. The van der Waals surface area contributed by atoms with Gasteiger partial charge in [-0.1, -0.05) is 30.7 Å². The van der Waals surface area contributed by atoms with Crippen molar-refractivity contribution in [2.24, 2.45) is 5.92 Å². The van der Waals surface area contributed by atoms with Gasteiger partial charge in [0.2, 0.25) is 5.91 Å². The molecular weight excluding hydrogens is 394 g/mol. The van der Waals surface area contributed by atoms with E-state index in [1.54, 1.807) is 35.2 Å². The number of anilines is 1. The Morgan fingerprint density at radius 3 is 2.55 bits per heavy atom. The molecule has 2 N–H and O–H groups in total. The molecule has 7 nitrogen and oxygen atoms in total. The number of aromatic nitrogens is 1. The summed E-state index contributed by atoms with van der Waals surface area (Å²) in [5.41, 5.74) is 1.59. The summed E-state index contributed by atoms with van der Waals surface area (Å²) >= 11 is 6.01. The molecule has 2 heterocycles. The number of pyridine rings is 1. The lowest BCUT2D eigenvalue weighted by Gasteiger charge is -2.31. The number of nitrogens with one attached hydrogen (secondary N) is 1. The second kappa shape index (κ2) is 9.05. The van der Waals surface area contributed by atoms with Crippen molar-refractivity contribution >= 4 is 35.1 Å². The molecule has 1 saturated heterocycles. The van der Waals surface area contributed by atoms with E-state index < -0.39 is 5.97 Å². The molecule has 1 fully saturated rings. The van der Waals surface area contributed by atoms with Gasteiger partial charge in [0.15, 0.2) is 0 Å². The molecule has 152 valence electrons. The minimum absolute atomic E-state index is 0.0507. The predicted octanol–water partition coefficient (Wildman–Crippen LogP) is 3.49. The SMILES string of the molecule is CCc1cc(C(=O)N2CCC(C(=O)Nc3ccccc3C(=O)O)CC2)cc(Cl)n1. The number of hydrogen-bond acceptors (Lipinski definition) is 4. The van der Waals surface area contributed by atoms with E-state index in [0.29, 0.717) is 43.1 Å². The molecule has 3 rings (SSSR count). The number of carbonyl (C=O) groups is 3. The highest BCUT2D eigenvalue weighted by Crippen LogP contribution is 2.23. The average Bonchev–Trinajstić information content (AvgIpc) is 2.73. The van der Waals surface area contributed by atoms with Gasteiger partial charge in [-0.2, -0.15) is 0 Å². The van der Waals surface area contributed by atoms with Crippen molar-refractivity contribution in [1.82, 2.24) is 9.88 Å². The molecule has 0 radical (unpaired) electrons. The number of likely N-dealkylation sites (tertiary alicyclic amines) is 1. The van der Waals surface area contributed by atoms with Gasteiger partial charge in [0, 0.05) is 30.3 Å². The van der Waals surface area contributed by atoms with Crippen molar-refractivity contribution in [1.29, 1.82) is 0 Å². The Hall–Kier alpha value is -2.93. The number of halogens is 1. The maximum Gasteiger partial charge on any atom is 0.337 e. The zero-order chi connectivity index (χ0) is 21.0. The largest absolute Gasteiger partial charge is 0.478 e. The molecule has 0 saturated carbocycles. The van der Waals surface area contributed by atoms with Gasteiger partial charge >= 0.3 is 5.97 Å². The van der Waals surface area contributed by atoms with E-state index >= 15 is 0 Å². The lowest BCUT2D eigenvalue weighted by atomic mass is 9.95. The minimum Gasteiger partial charge on any atom is -0.478 e. The van der Waals surface area contributed by atoms with Gasteiger partial charge in [0.25, 0.3) is 5.91 Å². The zero-order valence-corrected chi connectivity index (χ0v) is 16.8. The van der Waals surface area contributed by atoms with Crippen LogP contribution in [0.1, 0.15) is 46.2 Å². The Labute approximate surface area is 173 Å². The number of benzene rings is 1. The number of aryl methyl sites for hydroxylation is 1. The molecule has 2 amide bonds. The normalized spacial score (nSPS) is 14.5. The fourth-order valence-corrected chi connectivity index (χ4v) is 3.62. The summed E-state index contributed by atoms with van der Waals surface area (Å²) in [6, 6.07) is 9.61. The molecule has 1 aliphatic rings. The number of hydrogen-bond donors (Lipinski definition) is 2. The molecule has 1 aromatic carbocycles. The monoisotopic (exact) mass is 415 g/mol. The van der Waals surface area contributed by atoms with Crippen LogP contribution in [0.15, 0.2) is 36.4 Å². The van der Waals surface area contributed by atoms with Crippen LogP contribution in [0, 0.1) is 5.92 Å². The third-order valence-corrected chi connectivity index (χ3v) is 5.22. The van der Waals surface area contributed by atoms with E-state index in [1.807, 2.05) is 6.92 Å². The van der Waals surface area contributed by atoms with Crippen molar-refractivity contribution in [3.05, 3.63) is 58.4 Å². The fourth-order valence-electron chi connectivity index (χ4n) is 3.40. The Morgan fingerprint density at radius 2 is 1.90 bits per heavy atom. The highest BCUT2D eigenvalue weighted by Gasteiger charge is 2.28. The number of nitrogens with zero attached hydrogens (tertiary/aromatic N) is 2. The van der Waals surface area contributed by atoms with Crippen molar-refractivity contribution in [2.75, 3.05) is 18.4 Å². The molecule has 1 aromatic heterocycles. The van der Waals surface area contributed by atoms with E-state index in [9.17, 15) is 19.5 Å². The van der Waals surface area contributed by atoms with E-state index in [0.717, 1.165) is 5.69 Å². The maximum atomic E-state index is 12.8. The molecule has 0 unspecified atom stereocenters. The van der Waals surface area contributed by atoms with Crippen molar-refractivity contribution < 1.29 is 19.5 Å². The first-order valence-corrected chi connectivity index (χ1v) is 9.85. The van der Waals surface area contributed by atoms with Gasteiger partial charge in [-0.15, -0.1) is 0 Å². The summed E-state index contributed by atoms with van der Waals surface area (Å²) < 4.78 is 0. The van der Waals surface area contributed by atoms with Crippen LogP contribution in [-0.4, -0.2) is 45.9 Å². The van der Waals surface area contributed by atoms with E-state index in [4.69, 9.17) is 11.6 Å². The number of piperidine rings is 1. The number of para-hydroxylation sites is 1. The van der Waals surface area contributed by atoms with Crippen molar-refractivity contribution in [2.45, 2.75) is 26.2 Å². The maximum absolute atomic E-state index is 12.8. The van der Waals surface area contributed by atoms with E-state index in [2.05, 4.69) is 10.3 Å². The van der Waals surface area contributed by atoms with Gasteiger partial charge in [0.05, 0.1) is 11.3 Å². The van der Waals surface area contributed by atoms with Crippen molar-refractivity contribution in [3.8, 4) is 0 Å². The Morgan fingerprint density at radius 1 is 1.21 bits per heavy atom. The third kappa shape index (κ3) is 4.92. The first-order chi connectivity index (χ1) is 13.9. The van der Waals surface area contributed by atoms with E-state index in [1.165, 1.54) is 6.07 Å². The molecule has 0 atom stereocenters. The van der Waals surface area contributed by atoms with E-state index in [-0.39, 0.29) is 29.0 Å². The summed E-state index contributed by atoms with van der Waals surface area (Å²) in [7, 11) is 0. The minimum atomic E-state index is -1.09. The molecule has 0 spiro atoms. The zero-order valence-electron chi connectivity index (χ0n) is 16.0. The smallest absolute Gasteiger partial charge is 0.337 e. The Balaban J connectivity index is 1.62. The Bertz CT molecular complexity index is 939. The average molecular weight is 416 g/mol. The summed E-state index contributed by atoms with van der Waals surface area (Å²) in [5.74, 6) is -1.73. The number of amides is 2. The Kier molecular flexibility index (Phi) is 6.49.